The summed E-state index contributed by atoms with van der Waals surface area (Å²) in [6, 6.07) is 10.8. The molecule has 1 unspecified atom stereocenters. The third kappa shape index (κ3) is 3.44. The van der Waals surface area contributed by atoms with E-state index in [9.17, 15) is 4.39 Å². The maximum absolute atomic E-state index is 13.2. The van der Waals surface area contributed by atoms with Crippen LogP contribution >= 0.6 is 0 Å². The molecule has 0 radical (unpaired) electrons. The van der Waals surface area contributed by atoms with Gasteiger partial charge in [-0.1, -0.05) is 19.1 Å². The molecule has 18 heavy (non-hydrogen) atoms. The van der Waals surface area contributed by atoms with Crippen LogP contribution in [0.3, 0.4) is 0 Å². The Bertz CT molecular complexity index is 467. The van der Waals surface area contributed by atoms with Gasteiger partial charge in [-0.25, -0.2) is 4.39 Å². The zero-order valence-electron chi connectivity index (χ0n) is 10.5. The molecule has 0 fully saturated rings. The van der Waals surface area contributed by atoms with Crippen LogP contribution < -0.4 is 5.32 Å². The van der Waals surface area contributed by atoms with Crippen molar-refractivity contribution >= 4 is 0 Å². The summed E-state index contributed by atoms with van der Waals surface area (Å²) in [5.41, 5.74) is 0.997. The molecule has 1 N–H and O–H groups in total. The lowest BCUT2D eigenvalue weighted by Gasteiger charge is -2.17. The Balaban J connectivity index is 1.89. The van der Waals surface area contributed by atoms with Crippen molar-refractivity contribution in [1.29, 1.82) is 0 Å². The summed E-state index contributed by atoms with van der Waals surface area (Å²) >= 11 is 0. The average molecular weight is 247 g/mol. The Hall–Kier alpha value is -1.61. The molecule has 0 bridgehead atoms. The minimum atomic E-state index is -0.182. The van der Waals surface area contributed by atoms with E-state index in [1.807, 2.05) is 18.2 Å². The SMILES string of the molecule is CCC(NCCc1ccco1)c1cccc(F)c1. The van der Waals surface area contributed by atoms with Crippen LogP contribution in [0.15, 0.2) is 47.1 Å². The summed E-state index contributed by atoms with van der Waals surface area (Å²) in [7, 11) is 0. The Morgan fingerprint density at radius 3 is 2.83 bits per heavy atom. The zero-order chi connectivity index (χ0) is 12.8. The molecule has 2 aromatic rings. The summed E-state index contributed by atoms with van der Waals surface area (Å²) < 4.78 is 18.4. The highest BCUT2D eigenvalue weighted by Gasteiger charge is 2.09. The molecule has 1 aromatic heterocycles. The van der Waals surface area contributed by atoms with Crippen LogP contribution in [0.25, 0.3) is 0 Å². The number of rotatable bonds is 6. The Morgan fingerprint density at radius 2 is 2.17 bits per heavy atom. The van der Waals surface area contributed by atoms with E-state index in [1.54, 1.807) is 18.4 Å². The highest BCUT2D eigenvalue weighted by atomic mass is 19.1. The van der Waals surface area contributed by atoms with Crippen LogP contribution in [0.4, 0.5) is 4.39 Å². The van der Waals surface area contributed by atoms with Crippen LogP contribution in [0.1, 0.15) is 30.7 Å². The number of hydrogen-bond donors (Lipinski definition) is 1. The molecule has 96 valence electrons. The first-order valence-electron chi connectivity index (χ1n) is 6.31. The van der Waals surface area contributed by atoms with Crippen LogP contribution in [0, 0.1) is 5.82 Å². The molecule has 0 saturated heterocycles. The standard InChI is InChI=1S/C15H18FNO/c1-2-15(12-5-3-6-13(16)11-12)17-9-8-14-7-4-10-18-14/h3-7,10-11,15,17H,2,8-9H2,1H3. The lowest BCUT2D eigenvalue weighted by molar-refractivity contribution is 0.470. The number of hydrogen-bond acceptors (Lipinski definition) is 2. The van der Waals surface area contributed by atoms with E-state index in [2.05, 4.69) is 12.2 Å². The van der Waals surface area contributed by atoms with Crippen molar-refractivity contribution in [3.05, 3.63) is 59.8 Å². The van der Waals surface area contributed by atoms with Crippen LogP contribution in [-0.4, -0.2) is 6.54 Å². The number of halogens is 1. The fourth-order valence-corrected chi connectivity index (χ4v) is 2.05. The lowest BCUT2D eigenvalue weighted by Crippen LogP contribution is -2.23. The van der Waals surface area contributed by atoms with Crippen LogP contribution in [0.5, 0.6) is 0 Å². The molecule has 3 heteroatoms. The molecule has 2 nitrogen and oxygen atoms in total. The van der Waals surface area contributed by atoms with Gasteiger partial charge in [0, 0.05) is 19.0 Å². The molecule has 0 aliphatic heterocycles. The maximum Gasteiger partial charge on any atom is 0.123 e. The van der Waals surface area contributed by atoms with Crippen molar-refractivity contribution in [2.24, 2.45) is 0 Å². The third-order valence-corrected chi connectivity index (χ3v) is 3.00. The molecule has 0 amide bonds. The van der Waals surface area contributed by atoms with Crippen molar-refractivity contribution in [2.75, 3.05) is 6.54 Å². The molecular weight excluding hydrogens is 229 g/mol. The van der Waals surface area contributed by atoms with Gasteiger partial charge in [0.1, 0.15) is 11.6 Å². The van der Waals surface area contributed by atoms with Gasteiger partial charge in [0.05, 0.1) is 6.26 Å². The summed E-state index contributed by atoms with van der Waals surface area (Å²) in [5.74, 6) is 0.787. The quantitative estimate of drug-likeness (QED) is 0.842. The maximum atomic E-state index is 13.2. The topological polar surface area (TPSA) is 25.2 Å². The van der Waals surface area contributed by atoms with E-state index < -0.39 is 0 Å². The monoisotopic (exact) mass is 247 g/mol. The molecular formula is C15H18FNO. The van der Waals surface area contributed by atoms with E-state index in [1.165, 1.54) is 6.07 Å². The highest BCUT2D eigenvalue weighted by Crippen LogP contribution is 2.17. The van der Waals surface area contributed by atoms with Crippen molar-refractivity contribution < 1.29 is 8.81 Å². The smallest absolute Gasteiger partial charge is 0.123 e. The minimum absolute atomic E-state index is 0.182. The molecule has 0 aliphatic rings. The molecule has 1 aromatic carbocycles. The second-order valence-electron chi connectivity index (χ2n) is 4.30. The summed E-state index contributed by atoms with van der Waals surface area (Å²) in [5, 5.41) is 3.42. The normalized spacial score (nSPS) is 12.6. The first kappa shape index (κ1) is 12.8. The molecule has 1 atom stereocenters. The van der Waals surface area contributed by atoms with Gasteiger partial charge in [0.2, 0.25) is 0 Å². The molecule has 1 heterocycles. The Labute approximate surface area is 107 Å². The largest absolute Gasteiger partial charge is 0.469 e. The van der Waals surface area contributed by atoms with Gasteiger partial charge >= 0.3 is 0 Å². The highest BCUT2D eigenvalue weighted by molar-refractivity contribution is 5.20. The van der Waals surface area contributed by atoms with Crippen molar-refractivity contribution in [1.82, 2.24) is 5.32 Å². The van der Waals surface area contributed by atoms with Crippen molar-refractivity contribution in [3.63, 3.8) is 0 Å². The Kier molecular flexibility index (Phi) is 4.53. The predicted molar refractivity (Wildman–Crippen MR) is 69.8 cm³/mol. The van der Waals surface area contributed by atoms with E-state index in [0.29, 0.717) is 0 Å². The predicted octanol–water partition coefficient (Wildman–Crippen LogP) is 3.70. The molecule has 2 rings (SSSR count). The fraction of sp³-hybridized carbons (Fsp3) is 0.333. The van der Waals surface area contributed by atoms with Gasteiger partial charge in [-0.15, -0.1) is 0 Å². The zero-order valence-corrected chi connectivity index (χ0v) is 10.5. The molecule has 0 saturated carbocycles. The fourth-order valence-electron chi connectivity index (χ4n) is 2.05. The minimum Gasteiger partial charge on any atom is -0.469 e. The number of furan rings is 1. The first-order chi connectivity index (χ1) is 8.79. The number of nitrogens with one attached hydrogen (secondary N) is 1. The van der Waals surface area contributed by atoms with Gasteiger partial charge in [0.25, 0.3) is 0 Å². The lowest BCUT2D eigenvalue weighted by atomic mass is 10.0. The molecule has 0 spiro atoms. The summed E-state index contributed by atoms with van der Waals surface area (Å²) in [6.07, 6.45) is 3.46. The van der Waals surface area contributed by atoms with E-state index in [-0.39, 0.29) is 11.9 Å². The number of benzene rings is 1. The van der Waals surface area contributed by atoms with Gasteiger partial charge in [0.15, 0.2) is 0 Å². The van der Waals surface area contributed by atoms with E-state index >= 15 is 0 Å². The van der Waals surface area contributed by atoms with Gasteiger partial charge in [-0.05, 0) is 36.2 Å². The second-order valence-corrected chi connectivity index (χ2v) is 4.30. The van der Waals surface area contributed by atoms with E-state index in [0.717, 1.165) is 30.7 Å². The van der Waals surface area contributed by atoms with Gasteiger partial charge in [-0.2, -0.15) is 0 Å². The van der Waals surface area contributed by atoms with Crippen LogP contribution in [0.2, 0.25) is 0 Å². The van der Waals surface area contributed by atoms with Gasteiger partial charge < -0.3 is 9.73 Å². The average Bonchev–Trinajstić information content (AvgIpc) is 2.88. The molecule has 0 aliphatic carbocycles. The van der Waals surface area contributed by atoms with Gasteiger partial charge in [-0.3, -0.25) is 0 Å². The summed E-state index contributed by atoms with van der Waals surface area (Å²) in [4.78, 5) is 0. The Morgan fingerprint density at radius 1 is 1.28 bits per heavy atom. The second kappa shape index (κ2) is 6.36. The van der Waals surface area contributed by atoms with Crippen LogP contribution in [-0.2, 0) is 6.42 Å². The first-order valence-corrected chi connectivity index (χ1v) is 6.31. The van der Waals surface area contributed by atoms with E-state index in [4.69, 9.17) is 4.42 Å². The summed E-state index contributed by atoms with van der Waals surface area (Å²) in [6.45, 7) is 2.91. The van der Waals surface area contributed by atoms with Crippen molar-refractivity contribution in [2.45, 2.75) is 25.8 Å². The van der Waals surface area contributed by atoms with Crippen molar-refractivity contribution in [3.8, 4) is 0 Å². The third-order valence-electron chi connectivity index (χ3n) is 3.00.